The van der Waals surface area contributed by atoms with Gasteiger partial charge in [-0.2, -0.15) is 0 Å². The number of nitrogens with one attached hydrogen (secondary N) is 1. The highest BCUT2D eigenvalue weighted by molar-refractivity contribution is 7.89. The van der Waals surface area contributed by atoms with E-state index >= 15 is 0 Å². The summed E-state index contributed by atoms with van der Waals surface area (Å²) >= 11 is 0. The Bertz CT molecular complexity index is 608. The summed E-state index contributed by atoms with van der Waals surface area (Å²) in [5, 5.41) is 9.39. The van der Waals surface area contributed by atoms with E-state index in [1.54, 1.807) is 18.2 Å². The largest absolute Gasteiger partial charge is 0.392 e. The molecule has 1 aliphatic carbocycles. The normalized spacial score (nSPS) is 21.6. The van der Waals surface area contributed by atoms with Crippen LogP contribution in [-0.2, 0) is 23.1 Å². The highest BCUT2D eigenvalue weighted by atomic mass is 32.2. The minimum Gasteiger partial charge on any atom is -0.392 e. The molecule has 21 heavy (non-hydrogen) atoms. The predicted molar refractivity (Wildman–Crippen MR) is 83.5 cm³/mol. The monoisotopic (exact) mass is 311 g/mol. The summed E-state index contributed by atoms with van der Waals surface area (Å²) in [5.41, 5.74) is 1.67. The van der Waals surface area contributed by atoms with Crippen molar-refractivity contribution in [1.82, 2.24) is 4.72 Å². The zero-order valence-electron chi connectivity index (χ0n) is 13.0. The van der Waals surface area contributed by atoms with Gasteiger partial charge in [0.25, 0.3) is 0 Å². The first-order chi connectivity index (χ1) is 9.80. The van der Waals surface area contributed by atoms with Gasteiger partial charge in [-0.1, -0.05) is 33.3 Å². The fourth-order valence-corrected chi connectivity index (χ4v) is 4.55. The summed E-state index contributed by atoms with van der Waals surface area (Å²) in [6.07, 6.45) is 3.75. The van der Waals surface area contributed by atoms with Crippen molar-refractivity contribution in [2.24, 2.45) is 5.41 Å². The third kappa shape index (κ3) is 3.47. The Balaban J connectivity index is 2.27. The topological polar surface area (TPSA) is 66.4 Å². The summed E-state index contributed by atoms with van der Waals surface area (Å²) < 4.78 is 27.9. The van der Waals surface area contributed by atoms with Crippen LogP contribution in [0.5, 0.6) is 0 Å². The second kappa shape index (κ2) is 6.07. The lowest BCUT2D eigenvalue weighted by Crippen LogP contribution is -2.41. The van der Waals surface area contributed by atoms with Crippen molar-refractivity contribution in [3.8, 4) is 0 Å². The molecule has 0 amide bonds. The van der Waals surface area contributed by atoms with E-state index in [9.17, 15) is 13.5 Å². The van der Waals surface area contributed by atoms with Crippen LogP contribution < -0.4 is 4.72 Å². The lowest BCUT2D eigenvalue weighted by Gasteiger charge is -2.27. The highest BCUT2D eigenvalue weighted by Crippen LogP contribution is 2.38. The Morgan fingerprint density at radius 1 is 1.33 bits per heavy atom. The minimum absolute atomic E-state index is 0.00373. The molecule has 0 saturated heterocycles. The maximum Gasteiger partial charge on any atom is 0.240 e. The van der Waals surface area contributed by atoms with Crippen molar-refractivity contribution < 1.29 is 13.5 Å². The fraction of sp³-hybridized carbons (Fsp3) is 0.625. The molecule has 0 aromatic heterocycles. The van der Waals surface area contributed by atoms with Crippen LogP contribution in [0.3, 0.4) is 0 Å². The number of aryl methyl sites for hydroxylation is 1. The Morgan fingerprint density at radius 2 is 2.05 bits per heavy atom. The SMILES string of the molecule is CCc1ccc(S(=O)(=O)NC2CCCC2(C)C)cc1CO. The maximum absolute atomic E-state index is 12.6. The third-order valence-electron chi connectivity index (χ3n) is 4.59. The van der Waals surface area contributed by atoms with E-state index in [4.69, 9.17) is 0 Å². The molecule has 4 nitrogen and oxygen atoms in total. The van der Waals surface area contributed by atoms with E-state index in [0.29, 0.717) is 5.56 Å². The molecule has 0 spiro atoms. The van der Waals surface area contributed by atoms with E-state index in [1.807, 2.05) is 6.92 Å². The standard InChI is InChI=1S/C16H25NO3S/c1-4-12-7-8-14(10-13(12)11-18)21(19,20)17-15-6-5-9-16(15,2)3/h7-8,10,15,17-18H,4-6,9,11H2,1-3H3. The van der Waals surface area contributed by atoms with Crippen LogP contribution in [0, 0.1) is 5.41 Å². The van der Waals surface area contributed by atoms with Gasteiger partial charge in [0.05, 0.1) is 11.5 Å². The third-order valence-corrected chi connectivity index (χ3v) is 6.06. The molecule has 1 unspecified atom stereocenters. The lowest BCUT2D eigenvalue weighted by molar-refractivity contribution is 0.280. The molecule has 118 valence electrons. The van der Waals surface area contributed by atoms with E-state index in [-0.39, 0.29) is 23.0 Å². The molecule has 2 N–H and O–H groups in total. The van der Waals surface area contributed by atoms with Gasteiger partial charge in [0.1, 0.15) is 0 Å². The molecule has 2 rings (SSSR count). The summed E-state index contributed by atoms with van der Waals surface area (Å²) in [4.78, 5) is 0.242. The molecule has 1 aliphatic rings. The highest BCUT2D eigenvalue weighted by Gasteiger charge is 2.37. The number of sulfonamides is 1. The average Bonchev–Trinajstić information content (AvgIpc) is 2.76. The van der Waals surface area contributed by atoms with Gasteiger partial charge < -0.3 is 5.11 Å². The molecule has 0 bridgehead atoms. The van der Waals surface area contributed by atoms with Crippen LogP contribution in [-0.4, -0.2) is 19.6 Å². The first-order valence-electron chi connectivity index (χ1n) is 7.55. The van der Waals surface area contributed by atoms with Gasteiger partial charge in [-0.25, -0.2) is 13.1 Å². The molecular formula is C16H25NO3S. The number of hydrogen-bond acceptors (Lipinski definition) is 3. The first-order valence-corrected chi connectivity index (χ1v) is 9.03. The quantitative estimate of drug-likeness (QED) is 0.878. The lowest BCUT2D eigenvalue weighted by atomic mass is 9.88. The Hall–Kier alpha value is -0.910. The van der Waals surface area contributed by atoms with Crippen molar-refractivity contribution in [2.75, 3.05) is 0 Å². The van der Waals surface area contributed by atoms with Crippen LogP contribution >= 0.6 is 0 Å². The molecule has 1 aromatic carbocycles. The maximum atomic E-state index is 12.6. The van der Waals surface area contributed by atoms with Crippen molar-refractivity contribution in [1.29, 1.82) is 0 Å². The fourth-order valence-electron chi connectivity index (χ4n) is 3.06. The summed E-state index contributed by atoms with van der Waals surface area (Å²) in [5.74, 6) is 0. The van der Waals surface area contributed by atoms with Crippen LogP contribution in [0.15, 0.2) is 23.1 Å². The molecule has 0 radical (unpaired) electrons. The van der Waals surface area contributed by atoms with E-state index in [2.05, 4.69) is 18.6 Å². The first kappa shape index (κ1) is 16.5. The Kier molecular flexibility index (Phi) is 4.76. The van der Waals surface area contributed by atoms with Gasteiger partial charge in [-0.05, 0) is 47.9 Å². The molecule has 1 atom stereocenters. The van der Waals surface area contributed by atoms with Crippen molar-refractivity contribution in [3.05, 3.63) is 29.3 Å². The van der Waals surface area contributed by atoms with Gasteiger partial charge in [-0.3, -0.25) is 0 Å². The van der Waals surface area contributed by atoms with E-state index in [1.165, 1.54) is 0 Å². The summed E-state index contributed by atoms with van der Waals surface area (Å²) in [6, 6.07) is 4.98. The predicted octanol–water partition coefficient (Wildman–Crippen LogP) is 2.60. The van der Waals surface area contributed by atoms with Crippen molar-refractivity contribution in [2.45, 2.75) is 64.0 Å². The number of rotatable bonds is 5. The van der Waals surface area contributed by atoms with Gasteiger partial charge in [0.2, 0.25) is 10.0 Å². The molecule has 5 heteroatoms. The second-order valence-corrected chi connectivity index (χ2v) is 8.21. The molecule has 1 aromatic rings. The van der Waals surface area contributed by atoms with Gasteiger partial charge in [0.15, 0.2) is 0 Å². The van der Waals surface area contributed by atoms with Crippen LogP contribution in [0.1, 0.15) is 51.2 Å². The number of aliphatic hydroxyl groups is 1. The van der Waals surface area contributed by atoms with Gasteiger partial charge in [-0.15, -0.1) is 0 Å². The van der Waals surface area contributed by atoms with Crippen LogP contribution in [0.2, 0.25) is 0 Å². The zero-order chi connectivity index (χ0) is 15.7. The van der Waals surface area contributed by atoms with Gasteiger partial charge in [0, 0.05) is 6.04 Å². The smallest absolute Gasteiger partial charge is 0.240 e. The Labute approximate surface area is 127 Å². The molecule has 1 fully saturated rings. The van der Waals surface area contributed by atoms with Crippen molar-refractivity contribution in [3.63, 3.8) is 0 Å². The Morgan fingerprint density at radius 3 is 2.57 bits per heavy atom. The molecule has 0 aliphatic heterocycles. The second-order valence-electron chi connectivity index (χ2n) is 6.50. The number of aliphatic hydroxyl groups excluding tert-OH is 1. The van der Waals surface area contributed by atoms with Crippen LogP contribution in [0.4, 0.5) is 0 Å². The summed E-state index contributed by atoms with van der Waals surface area (Å²) in [6.45, 7) is 6.06. The minimum atomic E-state index is -3.53. The molecule has 1 saturated carbocycles. The van der Waals surface area contributed by atoms with E-state index in [0.717, 1.165) is 31.2 Å². The van der Waals surface area contributed by atoms with Gasteiger partial charge >= 0.3 is 0 Å². The van der Waals surface area contributed by atoms with Crippen LogP contribution in [0.25, 0.3) is 0 Å². The average molecular weight is 311 g/mol. The molecule has 0 heterocycles. The number of benzene rings is 1. The zero-order valence-corrected chi connectivity index (χ0v) is 13.8. The molecular weight excluding hydrogens is 286 g/mol. The summed E-state index contributed by atoms with van der Waals surface area (Å²) in [7, 11) is -3.53. The number of hydrogen-bond donors (Lipinski definition) is 2. The van der Waals surface area contributed by atoms with Crippen molar-refractivity contribution >= 4 is 10.0 Å². The van der Waals surface area contributed by atoms with E-state index < -0.39 is 10.0 Å².